The molecule has 2 aliphatic heterocycles. The van der Waals surface area contributed by atoms with Gasteiger partial charge in [-0.1, -0.05) is 19.9 Å². The van der Waals surface area contributed by atoms with Crippen molar-refractivity contribution in [1.29, 1.82) is 0 Å². The Hall–Kier alpha value is -3.82. The molecule has 9 nitrogen and oxygen atoms in total. The fraction of sp³-hybridized carbons (Fsp3) is 0.419. The Kier molecular flexibility index (Phi) is 8.72. The maximum Gasteiger partial charge on any atom is 0.225 e. The van der Waals surface area contributed by atoms with Gasteiger partial charge in [-0.2, -0.15) is 0 Å². The lowest BCUT2D eigenvalue weighted by Crippen LogP contribution is -2.38. The third-order valence-electron chi connectivity index (χ3n) is 7.42. The van der Waals surface area contributed by atoms with Crippen molar-refractivity contribution in [2.75, 3.05) is 30.8 Å². The Morgan fingerprint density at radius 1 is 1.12 bits per heavy atom. The Morgan fingerprint density at radius 2 is 1.95 bits per heavy atom. The smallest absolute Gasteiger partial charge is 0.225 e. The number of aliphatic imine (C=N–C) groups is 2. The van der Waals surface area contributed by atoms with Crippen molar-refractivity contribution in [3.63, 3.8) is 0 Å². The molecule has 2 N–H and O–H groups in total. The summed E-state index contributed by atoms with van der Waals surface area (Å²) in [6.07, 6.45) is 8.07. The molecule has 40 heavy (non-hydrogen) atoms. The summed E-state index contributed by atoms with van der Waals surface area (Å²) in [7, 11) is 2.14. The van der Waals surface area contributed by atoms with Crippen LogP contribution in [0.2, 0.25) is 0 Å². The molecule has 2 unspecified atom stereocenters. The molecule has 0 amide bonds. The third kappa shape index (κ3) is 6.84. The van der Waals surface area contributed by atoms with E-state index in [1.807, 2.05) is 49.5 Å². The first-order valence-corrected chi connectivity index (χ1v) is 14.1. The van der Waals surface area contributed by atoms with Gasteiger partial charge >= 0.3 is 0 Å². The van der Waals surface area contributed by atoms with E-state index in [1.165, 1.54) is 6.33 Å². The fourth-order valence-electron chi connectivity index (χ4n) is 4.62. The zero-order valence-electron chi connectivity index (χ0n) is 24.0. The number of nitrogens with one attached hydrogen (secondary N) is 2. The van der Waals surface area contributed by atoms with E-state index in [2.05, 4.69) is 63.3 Å². The van der Waals surface area contributed by atoms with Crippen molar-refractivity contribution in [2.24, 2.45) is 15.9 Å². The number of anilines is 3. The van der Waals surface area contributed by atoms with Gasteiger partial charge in [-0.25, -0.2) is 15.0 Å². The predicted octanol–water partition coefficient (Wildman–Crippen LogP) is 6.62. The molecule has 2 aliphatic rings. The van der Waals surface area contributed by atoms with Crippen LogP contribution in [0.3, 0.4) is 0 Å². The van der Waals surface area contributed by atoms with Crippen LogP contribution in [0.5, 0.6) is 11.5 Å². The van der Waals surface area contributed by atoms with Gasteiger partial charge in [-0.3, -0.25) is 4.99 Å². The molecular formula is C31H39N7O2. The van der Waals surface area contributed by atoms with Gasteiger partial charge in [0.15, 0.2) is 5.82 Å². The van der Waals surface area contributed by atoms with Crippen LogP contribution in [-0.4, -0.2) is 59.9 Å². The van der Waals surface area contributed by atoms with Crippen molar-refractivity contribution in [3.05, 3.63) is 59.5 Å². The molecule has 0 aliphatic carbocycles. The SMILES string of the molecule is CCC(C)C=Nc1cc(Oc2ccc(Nc3ncnc4c3NC(OC3CCN(C)CC3)N=C4)cc2C)ccc1C. The quantitative estimate of drug-likeness (QED) is 0.294. The number of piperidine rings is 1. The molecule has 3 heterocycles. The summed E-state index contributed by atoms with van der Waals surface area (Å²) < 4.78 is 12.5. The van der Waals surface area contributed by atoms with Gasteiger partial charge in [0.2, 0.25) is 6.35 Å². The number of fused-ring (bicyclic) bond motifs is 1. The minimum absolute atomic E-state index is 0.181. The zero-order valence-corrected chi connectivity index (χ0v) is 24.0. The molecule has 0 radical (unpaired) electrons. The Bertz CT molecular complexity index is 1380. The van der Waals surface area contributed by atoms with Crippen molar-refractivity contribution in [2.45, 2.75) is 59.4 Å². The summed E-state index contributed by atoms with van der Waals surface area (Å²) in [5.74, 6) is 2.65. The monoisotopic (exact) mass is 541 g/mol. The number of aromatic nitrogens is 2. The molecule has 1 saturated heterocycles. The highest BCUT2D eigenvalue weighted by Crippen LogP contribution is 2.33. The molecule has 0 bridgehead atoms. The van der Waals surface area contributed by atoms with Gasteiger partial charge in [0.25, 0.3) is 0 Å². The lowest BCUT2D eigenvalue weighted by molar-refractivity contribution is -0.0234. The van der Waals surface area contributed by atoms with E-state index in [4.69, 9.17) is 9.47 Å². The molecule has 0 spiro atoms. The average molecular weight is 542 g/mol. The third-order valence-corrected chi connectivity index (χ3v) is 7.42. The van der Waals surface area contributed by atoms with Crippen LogP contribution in [0.25, 0.3) is 0 Å². The van der Waals surface area contributed by atoms with Gasteiger partial charge in [-0.05, 0) is 81.5 Å². The molecular weight excluding hydrogens is 502 g/mol. The summed E-state index contributed by atoms with van der Waals surface area (Å²) in [4.78, 5) is 20.4. The van der Waals surface area contributed by atoms with E-state index in [-0.39, 0.29) is 6.10 Å². The van der Waals surface area contributed by atoms with Crippen LogP contribution in [-0.2, 0) is 4.74 Å². The second-order valence-corrected chi connectivity index (χ2v) is 10.7. The van der Waals surface area contributed by atoms with Crippen LogP contribution in [0, 0.1) is 19.8 Å². The van der Waals surface area contributed by atoms with Crippen molar-refractivity contribution < 1.29 is 9.47 Å². The van der Waals surface area contributed by atoms with Crippen LogP contribution in [0.4, 0.5) is 22.9 Å². The van der Waals surface area contributed by atoms with Crippen LogP contribution >= 0.6 is 0 Å². The van der Waals surface area contributed by atoms with E-state index in [1.54, 1.807) is 6.21 Å². The van der Waals surface area contributed by atoms with Crippen LogP contribution in [0.15, 0.2) is 52.7 Å². The standard InChI is InChI=1S/C31H39N7O2/c1-6-20(2)17-32-26-16-25(9-7-21(26)3)39-28-10-8-23(15-22(28)4)36-30-29-27(34-19-35-30)18-33-31(37-29)40-24-11-13-38(5)14-12-24/h7-10,15-20,24,31,37H,6,11-14H2,1-5H3,(H,34,35,36). The largest absolute Gasteiger partial charge is 0.457 e. The highest BCUT2D eigenvalue weighted by atomic mass is 16.5. The second-order valence-electron chi connectivity index (χ2n) is 10.7. The zero-order chi connectivity index (χ0) is 28.1. The second kappa shape index (κ2) is 12.6. The van der Waals surface area contributed by atoms with Crippen molar-refractivity contribution in [1.82, 2.24) is 14.9 Å². The van der Waals surface area contributed by atoms with Gasteiger partial charge in [-0.15, -0.1) is 0 Å². The molecule has 1 aromatic heterocycles. The van der Waals surface area contributed by atoms with Crippen LogP contribution in [0.1, 0.15) is 49.9 Å². The van der Waals surface area contributed by atoms with Crippen LogP contribution < -0.4 is 15.4 Å². The molecule has 5 rings (SSSR count). The molecule has 9 heteroatoms. The van der Waals surface area contributed by atoms with Crippen molar-refractivity contribution >= 4 is 35.3 Å². The Morgan fingerprint density at radius 3 is 2.73 bits per heavy atom. The normalized spacial score (nSPS) is 18.4. The summed E-state index contributed by atoms with van der Waals surface area (Å²) in [6.45, 7) is 10.5. The average Bonchev–Trinajstić information content (AvgIpc) is 2.96. The number of hydrogen-bond donors (Lipinski definition) is 2. The minimum Gasteiger partial charge on any atom is -0.457 e. The fourth-order valence-corrected chi connectivity index (χ4v) is 4.62. The molecule has 1 fully saturated rings. The summed E-state index contributed by atoms with van der Waals surface area (Å²) in [5, 5.41) is 6.81. The number of aryl methyl sites for hydroxylation is 2. The lowest BCUT2D eigenvalue weighted by atomic mass is 10.1. The summed E-state index contributed by atoms with van der Waals surface area (Å²) in [5.41, 5.74) is 5.44. The highest BCUT2D eigenvalue weighted by Gasteiger charge is 2.25. The topological polar surface area (TPSA) is 96.3 Å². The molecule has 2 aromatic carbocycles. The number of benzene rings is 2. The van der Waals surface area contributed by atoms with E-state index in [9.17, 15) is 0 Å². The molecule has 2 atom stereocenters. The lowest BCUT2D eigenvalue weighted by Gasteiger charge is -2.32. The predicted molar refractivity (Wildman–Crippen MR) is 162 cm³/mol. The number of rotatable bonds is 9. The highest BCUT2D eigenvalue weighted by molar-refractivity contribution is 5.92. The number of ether oxygens (including phenoxy) is 2. The maximum atomic E-state index is 6.25. The first-order chi connectivity index (χ1) is 19.4. The number of nitrogens with zero attached hydrogens (tertiary/aromatic N) is 5. The van der Waals surface area contributed by atoms with Gasteiger partial charge in [0, 0.05) is 31.1 Å². The first kappa shape index (κ1) is 27.7. The minimum atomic E-state index is -0.459. The van der Waals surface area contributed by atoms with E-state index in [0.29, 0.717) is 11.7 Å². The van der Waals surface area contributed by atoms with E-state index in [0.717, 1.165) is 77.7 Å². The summed E-state index contributed by atoms with van der Waals surface area (Å²) in [6, 6.07) is 12.0. The van der Waals surface area contributed by atoms with Gasteiger partial charge in [0.1, 0.15) is 29.2 Å². The summed E-state index contributed by atoms with van der Waals surface area (Å²) >= 11 is 0. The van der Waals surface area contributed by atoms with Crippen molar-refractivity contribution in [3.8, 4) is 11.5 Å². The molecule has 0 saturated carbocycles. The van der Waals surface area contributed by atoms with E-state index >= 15 is 0 Å². The first-order valence-electron chi connectivity index (χ1n) is 14.1. The Labute approximate surface area is 236 Å². The molecule has 210 valence electrons. The van der Waals surface area contributed by atoms with Gasteiger partial charge < -0.3 is 25.0 Å². The maximum absolute atomic E-state index is 6.25. The molecule has 3 aromatic rings. The van der Waals surface area contributed by atoms with E-state index < -0.39 is 6.35 Å². The Balaban J connectivity index is 1.27. The number of likely N-dealkylation sites (tertiary alicyclic amines) is 1. The van der Waals surface area contributed by atoms with Gasteiger partial charge in [0.05, 0.1) is 18.0 Å². The number of hydrogen-bond acceptors (Lipinski definition) is 9.